The number of hydrogen-bond donors (Lipinski definition) is 1. The van der Waals surface area contributed by atoms with Crippen LogP contribution < -0.4 is 5.32 Å². The lowest BCUT2D eigenvalue weighted by Gasteiger charge is -2.03. The Hall–Kier alpha value is -1.40. The second kappa shape index (κ2) is 8.14. The van der Waals surface area contributed by atoms with E-state index in [9.17, 15) is 4.79 Å². The minimum Gasteiger partial charge on any atom is -0.301 e. The van der Waals surface area contributed by atoms with Gasteiger partial charge in [0, 0.05) is 12.2 Å². The number of nitrogens with zero attached hydrogens (tertiary/aromatic N) is 2. The Bertz CT molecular complexity index is 569. The monoisotopic (exact) mass is 321 g/mol. The van der Waals surface area contributed by atoms with E-state index in [1.54, 1.807) is 11.8 Å². The zero-order chi connectivity index (χ0) is 15.1. The number of carbonyl (C=O) groups excluding carboxylic acids is 1. The number of thioether (sulfide) groups is 1. The van der Waals surface area contributed by atoms with Crippen LogP contribution in [0.4, 0.5) is 5.13 Å². The molecule has 6 heteroatoms. The van der Waals surface area contributed by atoms with Gasteiger partial charge in [0.05, 0.1) is 0 Å². The Morgan fingerprint density at radius 1 is 1.29 bits per heavy atom. The summed E-state index contributed by atoms with van der Waals surface area (Å²) < 4.78 is 0.873. The summed E-state index contributed by atoms with van der Waals surface area (Å²) in [5, 5.41) is 11.5. The first-order valence-corrected chi connectivity index (χ1v) is 8.74. The second-order valence-electron chi connectivity index (χ2n) is 5.13. The van der Waals surface area contributed by atoms with E-state index >= 15 is 0 Å². The van der Waals surface area contributed by atoms with Gasteiger partial charge in [0.2, 0.25) is 11.0 Å². The normalized spacial score (nSPS) is 10.8. The third kappa shape index (κ3) is 5.85. The van der Waals surface area contributed by atoms with Gasteiger partial charge in [-0.2, -0.15) is 0 Å². The molecule has 4 nitrogen and oxygen atoms in total. The third-order valence-electron chi connectivity index (χ3n) is 2.81. The van der Waals surface area contributed by atoms with Gasteiger partial charge in [-0.05, 0) is 17.9 Å². The van der Waals surface area contributed by atoms with Crippen LogP contribution in [0.1, 0.15) is 32.3 Å². The molecule has 0 aliphatic rings. The highest BCUT2D eigenvalue weighted by Gasteiger charge is 2.09. The zero-order valence-electron chi connectivity index (χ0n) is 12.2. The van der Waals surface area contributed by atoms with E-state index < -0.39 is 0 Å². The summed E-state index contributed by atoms with van der Waals surface area (Å²) in [4.78, 5) is 11.7. The molecule has 0 fully saturated rings. The standard InChI is InChI=1S/C15H19N3OS2/c1-11(2)8-9-13(19)16-14-17-18-15(21-14)20-10-12-6-4-3-5-7-12/h3-7,11H,8-10H2,1-2H3,(H,16,17,19). The quantitative estimate of drug-likeness (QED) is 0.613. The minimum atomic E-state index is 0.0134. The van der Waals surface area contributed by atoms with Crippen LogP contribution in [0.2, 0.25) is 0 Å². The van der Waals surface area contributed by atoms with Gasteiger partial charge >= 0.3 is 0 Å². The summed E-state index contributed by atoms with van der Waals surface area (Å²) in [6.07, 6.45) is 1.42. The van der Waals surface area contributed by atoms with Gasteiger partial charge < -0.3 is 5.32 Å². The van der Waals surface area contributed by atoms with Crippen molar-refractivity contribution in [3.05, 3.63) is 35.9 Å². The first-order valence-electron chi connectivity index (χ1n) is 6.93. The average Bonchev–Trinajstić information content (AvgIpc) is 2.91. The zero-order valence-corrected chi connectivity index (χ0v) is 13.8. The van der Waals surface area contributed by atoms with Crippen LogP contribution in [0.3, 0.4) is 0 Å². The molecule has 0 aliphatic carbocycles. The van der Waals surface area contributed by atoms with Crippen molar-refractivity contribution in [2.45, 2.75) is 36.8 Å². The van der Waals surface area contributed by atoms with E-state index in [2.05, 4.69) is 41.5 Å². The van der Waals surface area contributed by atoms with Gasteiger partial charge in [0.15, 0.2) is 4.34 Å². The summed E-state index contributed by atoms with van der Waals surface area (Å²) in [5.41, 5.74) is 1.25. The Morgan fingerprint density at radius 2 is 2.05 bits per heavy atom. The topological polar surface area (TPSA) is 54.9 Å². The van der Waals surface area contributed by atoms with Crippen LogP contribution in [0.15, 0.2) is 34.7 Å². The van der Waals surface area contributed by atoms with Crippen molar-refractivity contribution in [3.8, 4) is 0 Å². The van der Waals surface area contributed by atoms with E-state index in [1.807, 2.05) is 18.2 Å². The number of amides is 1. The van der Waals surface area contributed by atoms with Crippen molar-refractivity contribution in [2.24, 2.45) is 5.92 Å². The molecule has 0 atom stereocenters. The van der Waals surface area contributed by atoms with Crippen molar-refractivity contribution in [1.82, 2.24) is 10.2 Å². The largest absolute Gasteiger partial charge is 0.301 e. The molecule has 112 valence electrons. The number of rotatable bonds is 7. The van der Waals surface area contributed by atoms with Crippen LogP contribution in [0.25, 0.3) is 0 Å². The van der Waals surface area contributed by atoms with E-state index in [0.717, 1.165) is 16.5 Å². The van der Waals surface area contributed by atoms with Crippen LogP contribution >= 0.6 is 23.1 Å². The molecular formula is C15H19N3OS2. The molecule has 1 amide bonds. The molecule has 1 N–H and O–H groups in total. The predicted octanol–water partition coefficient (Wildman–Crippen LogP) is 4.21. The third-order valence-corrected chi connectivity index (χ3v) is 4.85. The molecule has 0 aliphatic heterocycles. The summed E-state index contributed by atoms with van der Waals surface area (Å²) in [6, 6.07) is 10.2. The summed E-state index contributed by atoms with van der Waals surface area (Å²) >= 11 is 3.06. The molecule has 0 unspecified atom stereocenters. The highest BCUT2D eigenvalue weighted by Crippen LogP contribution is 2.28. The first kappa shape index (κ1) is 16.0. The van der Waals surface area contributed by atoms with Gasteiger partial charge in [-0.3, -0.25) is 4.79 Å². The van der Waals surface area contributed by atoms with Gasteiger partial charge in [0.25, 0.3) is 0 Å². The van der Waals surface area contributed by atoms with Crippen molar-refractivity contribution in [1.29, 1.82) is 0 Å². The lowest BCUT2D eigenvalue weighted by molar-refractivity contribution is -0.116. The predicted molar refractivity (Wildman–Crippen MR) is 88.6 cm³/mol. The van der Waals surface area contributed by atoms with Gasteiger partial charge in [-0.1, -0.05) is 67.3 Å². The minimum absolute atomic E-state index is 0.0134. The van der Waals surface area contributed by atoms with Gasteiger partial charge in [-0.15, -0.1) is 10.2 Å². The molecule has 21 heavy (non-hydrogen) atoms. The van der Waals surface area contributed by atoms with Gasteiger partial charge in [-0.25, -0.2) is 0 Å². The van der Waals surface area contributed by atoms with Crippen molar-refractivity contribution in [3.63, 3.8) is 0 Å². The SMILES string of the molecule is CC(C)CCC(=O)Nc1nnc(SCc2ccccc2)s1. The average molecular weight is 321 g/mol. The van der Waals surface area contributed by atoms with Crippen LogP contribution in [-0.2, 0) is 10.5 Å². The summed E-state index contributed by atoms with van der Waals surface area (Å²) in [6.45, 7) is 4.22. The smallest absolute Gasteiger partial charge is 0.226 e. The van der Waals surface area contributed by atoms with Crippen LogP contribution in [0.5, 0.6) is 0 Å². The van der Waals surface area contributed by atoms with E-state index in [0.29, 0.717) is 17.5 Å². The number of benzene rings is 1. The molecule has 1 heterocycles. The molecule has 0 saturated carbocycles. The molecule has 0 spiro atoms. The maximum absolute atomic E-state index is 11.7. The highest BCUT2D eigenvalue weighted by molar-refractivity contribution is 8.00. The fraction of sp³-hybridized carbons (Fsp3) is 0.400. The Balaban J connectivity index is 1.80. The fourth-order valence-electron chi connectivity index (χ4n) is 1.64. The van der Waals surface area contributed by atoms with Crippen LogP contribution in [-0.4, -0.2) is 16.1 Å². The number of anilines is 1. The van der Waals surface area contributed by atoms with Gasteiger partial charge in [0.1, 0.15) is 0 Å². The van der Waals surface area contributed by atoms with Crippen molar-refractivity contribution < 1.29 is 4.79 Å². The van der Waals surface area contributed by atoms with Crippen LogP contribution in [0, 0.1) is 5.92 Å². The molecule has 0 bridgehead atoms. The number of aromatic nitrogens is 2. The number of nitrogens with one attached hydrogen (secondary N) is 1. The molecule has 1 aromatic carbocycles. The highest BCUT2D eigenvalue weighted by atomic mass is 32.2. The summed E-state index contributed by atoms with van der Waals surface area (Å²) in [7, 11) is 0. The molecule has 2 rings (SSSR count). The Kier molecular flexibility index (Phi) is 6.20. The number of carbonyl (C=O) groups is 1. The molecule has 1 aromatic heterocycles. The maximum atomic E-state index is 11.7. The molecular weight excluding hydrogens is 302 g/mol. The Morgan fingerprint density at radius 3 is 2.76 bits per heavy atom. The Labute approximate surface area is 133 Å². The fourth-order valence-corrected chi connectivity index (χ4v) is 3.36. The number of hydrogen-bond acceptors (Lipinski definition) is 5. The summed E-state index contributed by atoms with van der Waals surface area (Å²) in [5.74, 6) is 1.40. The lowest BCUT2D eigenvalue weighted by atomic mass is 10.1. The molecule has 2 aromatic rings. The van der Waals surface area contributed by atoms with E-state index in [4.69, 9.17) is 0 Å². The molecule has 0 radical (unpaired) electrons. The second-order valence-corrected chi connectivity index (χ2v) is 7.33. The van der Waals surface area contributed by atoms with Crippen molar-refractivity contribution >= 4 is 34.1 Å². The first-order chi connectivity index (χ1) is 10.1. The van der Waals surface area contributed by atoms with E-state index in [1.165, 1.54) is 16.9 Å². The lowest BCUT2D eigenvalue weighted by Crippen LogP contribution is -2.11. The maximum Gasteiger partial charge on any atom is 0.226 e. The van der Waals surface area contributed by atoms with E-state index in [-0.39, 0.29) is 5.91 Å². The van der Waals surface area contributed by atoms with Crippen molar-refractivity contribution in [2.75, 3.05) is 5.32 Å². The molecule has 0 saturated heterocycles.